The molecule has 15 heavy (non-hydrogen) atoms. The summed E-state index contributed by atoms with van der Waals surface area (Å²) >= 11 is 5.63. The molecule has 0 aliphatic heterocycles. The summed E-state index contributed by atoms with van der Waals surface area (Å²) < 4.78 is 5.51. The topological polar surface area (TPSA) is 21.3 Å². The molecule has 3 heteroatoms. The maximum Gasteiger partial charge on any atom is 0.0591 e. The van der Waals surface area contributed by atoms with Crippen LogP contribution < -0.4 is 5.32 Å². The van der Waals surface area contributed by atoms with Gasteiger partial charge in [-0.2, -0.15) is 0 Å². The van der Waals surface area contributed by atoms with Crippen molar-refractivity contribution in [3.8, 4) is 0 Å². The van der Waals surface area contributed by atoms with Gasteiger partial charge in [0.05, 0.1) is 6.61 Å². The molecule has 0 aliphatic rings. The highest BCUT2D eigenvalue weighted by molar-refractivity contribution is 6.17. The van der Waals surface area contributed by atoms with Gasteiger partial charge in [-0.1, -0.05) is 13.8 Å². The summed E-state index contributed by atoms with van der Waals surface area (Å²) in [4.78, 5) is 0. The van der Waals surface area contributed by atoms with E-state index >= 15 is 0 Å². The summed E-state index contributed by atoms with van der Waals surface area (Å²) in [5.41, 5.74) is 0. The summed E-state index contributed by atoms with van der Waals surface area (Å²) in [6, 6.07) is 0.553. The van der Waals surface area contributed by atoms with Gasteiger partial charge in [-0.05, 0) is 32.1 Å². The summed E-state index contributed by atoms with van der Waals surface area (Å²) in [6.45, 7) is 9.28. The Morgan fingerprint density at radius 1 is 1.13 bits per heavy atom. The van der Waals surface area contributed by atoms with E-state index < -0.39 is 0 Å². The average Bonchev–Trinajstić information content (AvgIpc) is 2.19. The van der Waals surface area contributed by atoms with Crippen LogP contribution in [0.15, 0.2) is 0 Å². The second-order valence-corrected chi connectivity index (χ2v) is 4.86. The standard InChI is InChI=1S/C12H26ClNO/c1-11(2)6-9-15-10-8-14-12(3)5-4-7-13/h11-12,14H,4-10H2,1-3H3. The Labute approximate surface area is 99.7 Å². The van der Waals surface area contributed by atoms with Gasteiger partial charge in [0.2, 0.25) is 0 Å². The zero-order valence-electron chi connectivity index (χ0n) is 10.4. The Bertz CT molecular complexity index is 131. The highest BCUT2D eigenvalue weighted by Gasteiger charge is 1.99. The number of alkyl halides is 1. The molecule has 1 N–H and O–H groups in total. The molecule has 1 unspecified atom stereocenters. The molecule has 0 aliphatic carbocycles. The van der Waals surface area contributed by atoms with E-state index in [2.05, 4.69) is 26.1 Å². The number of ether oxygens (including phenoxy) is 1. The van der Waals surface area contributed by atoms with Gasteiger partial charge in [0.1, 0.15) is 0 Å². The summed E-state index contributed by atoms with van der Waals surface area (Å²) in [6.07, 6.45) is 3.39. The molecule has 1 atom stereocenters. The number of hydrogen-bond acceptors (Lipinski definition) is 2. The molecule has 92 valence electrons. The van der Waals surface area contributed by atoms with Crippen molar-refractivity contribution in [3.63, 3.8) is 0 Å². The second kappa shape index (κ2) is 10.7. The third-order valence-electron chi connectivity index (χ3n) is 2.35. The minimum Gasteiger partial charge on any atom is -0.380 e. The SMILES string of the molecule is CC(C)CCOCCNC(C)CCCCl. The number of halogens is 1. The van der Waals surface area contributed by atoms with Crippen LogP contribution in [-0.4, -0.2) is 31.7 Å². The van der Waals surface area contributed by atoms with Crippen LogP contribution in [0.25, 0.3) is 0 Å². The van der Waals surface area contributed by atoms with Crippen molar-refractivity contribution in [1.29, 1.82) is 0 Å². The molecule has 0 aromatic carbocycles. The summed E-state index contributed by atoms with van der Waals surface area (Å²) in [7, 11) is 0. The van der Waals surface area contributed by atoms with E-state index in [0.29, 0.717) is 6.04 Å². The fourth-order valence-electron chi connectivity index (χ4n) is 1.28. The van der Waals surface area contributed by atoms with Crippen LogP contribution in [0.4, 0.5) is 0 Å². The van der Waals surface area contributed by atoms with E-state index in [0.717, 1.165) is 50.8 Å². The van der Waals surface area contributed by atoms with Crippen molar-refractivity contribution < 1.29 is 4.74 Å². The van der Waals surface area contributed by atoms with Gasteiger partial charge in [-0.25, -0.2) is 0 Å². The molecular formula is C12H26ClNO. The summed E-state index contributed by atoms with van der Waals surface area (Å²) in [5.74, 6) is 1.50. The van der Waals surface area contributed by atoms with Gasteiger partial charge in [-0.3, -0.25) is 0 Å². The number of nitrogens with one attached hydrogen (secondary N) is 1. The van der Waals surface area contributed by atoms with E-state index in [1.54, 1.807) is 0 Å². The quantitative estimate of drug-likeness (QED) is 0.464. The maximum absolute atomic E-state index is 5.63. The molecule has 0 aromatic heterocycles. The van der Waals surface area contributed by atoms with Crippen molar-refractivity contribution >= 4 is 11.6 Å². The van der Waals surface area contributed by atoms with E-state index in [1.807, 2.05) is 0 Å². The first-order valence-electron chi connectivity index (χ1n) is 6.04. The zero-order valence-corrected chi connectivity index (χ0v) is 11.1. The molecular weight excluding hydrogens is 210 g/mol. The van der Waals surface area contributed by atoms with E-state index in [-0.39, 0.29) is 0 Å². The minimum atomic E-state index is 0.553. The molecule has 0 aromatic rings. The fourth-order valence-corrected chi connectivity index (χ4v) is 1.44. The molecule has 0 amide bonds. The third kappa shape index (κ3) is 12.1. The Hall–Kier alpha value is 0.210. The first-order valence-corrected chi connectivity index (χ1v) is 6.57. The van der Waals surface area contributed by atoms with Crippen LogP contribution in [0.3, 0.4) is 0 Å². The molecule has 0 saturated heterocycles. The molecule has 0 heterocycles. The molecule has 0 bridgehead atoms. The van der Waals surface area contributed by atoms with Crippen molar-refractivity contribution in [3.05, 3.63) is 0 Å². The third-order valence-corrected chi connectivity index (χ3v) is 2.62. The Balaban J connectivity index is 3.09. The molecule has 0 rings (SSSR count). The van der Waals surface area contributed by atoms with Crippen molar-refractivity contribution in [1.82, 2.24) is 5.32 Å². The molecule has 0 fully saturated rings. The normalized spacial score (nSPS) is 13.4. The van der Waals surface area contributed by atoms with Crippen LogP contribution in [0, 0.1) is 5.92 Å². The first kappa shape index (κ1) is 15.2. The molecule has 2 nitrogen and oxygen atoms in total. The lowest BCUT2D eigenvalue weighted by Crippen LogP contribution is -2.29. The lowest BCUT2D eigenvalue weighted by molar-refractivity contribution is 0.123. The van der Waals surface area contributed by atoms with Crippen LogP contribution in [-0.2, 0) is 4.74 Å². The lowest BCUT2D eigenvalue weighted by atomic mass is 10.1. The smallest absolute Gasteiger partial charge is 0.0591 e. The van der Waals surface area contributed by atoms with Gasteiger partial charge < -0.3 is 10.1 Å². The van der Waals surface area contributed by atoms with Crippen LogP contribution in [0.2, 0.25) is 0 Å². The van der Waals surface area contributed by atoms with Gasteiger partial charge >= 0.3 is 0 Å². The first-order chi connectivity index (χ1) is 7.16. The van der Waals surface area contributed by atoms with Gasteiger partial charge in [0.25, 0.3) is 0 Å². The van der Waals surface area contributed by atoms with Crippen LogP contribution >= 0.6 is 11.6 Å². The van der Waals surface area contributed by atoms with Gasteiger partial charge in [0.15, 0.2) is 0 Å². The number of rotatable bonds is 10. The molecule has 0 saturated carbocycles. The maximum atomic E-state index is 5.63. The van der Waals surface area contributed by atoms with E-state index in [1.165, 1.54) is 0 Å². The average molecular weight is 236 g/mol. The molecule has 0 spiro atoms. The van der Waals surface area contributed by atoms with E-state index in [4.69, 9.17) is 16.3 Å². The van der Waals surface area contributed by atoms with E-state index in [9.17, 15) is 0 Å². The van der Waals surface area contributed by atoms with Crippen LogP contribution in [0.5, 0.6) is 0 Å². The van der Waals surface area contributed by atoms with Crippen LogP contribution in [0.1, 0.15) is 40.0 Å². The fraction of sp³-hybridized carbons (Fsp3) is 1.00. The van der Waals surface area contributed by atoms with Crippen molar-refractivity contribution in [2.24, 2.45) is 5.92 Å². The largest absolute Gasteiger partial charge is 0.380 e. The zero-order chi connectivity index (χ0) is 11.5. The summed E-state index contributed by atoms with van der Waals surface area (Å²) in [5, 5.41) is 3.42. The van der Waals surface area contributed by atoms with Gasteiger partial charge in [-0.15, -0.1) is 11.6 Å². The predicted molar refractivity (Wildman–Crippen MR) is 67.7 cm³/mol. The lowest BCUT2D eigenvalue weighted by Gasteiger charge is -2.13. The van der Waals surface area contributed by atoms with Crippen molar-refractivity contribution in [2.75, 3.05) is 25.6 Å². The predicted octanol–water partition coefficient (Wildman–Crippen LogP) is 3.05. The Morgan fingerprint density at radius 3 is 2.47 bits per heavy atom. The highest BCUT2D eigenvalue weighted by atomic mass is 35.5. The van der Waals surface area contributed by atoms with Gasteiger partial charge in [0, 0.05) is 25.1 Å². The monoisotopic (exact) mass is 235 g/mol. The Kier molecular flexibility index (Phi) is 10.9. The second-order valence-electron chi connectivity index (χ2n) is 4.48. The minimum absolute atomic E-state index is 0.553. The Morgan fingerprint density at radius 2 is 1.87 bits per heavy atom. The van der Waals surface area contributed by atoms with Crippen molar-refractivity contribution in [2.45, 2.75) is 46.1 Å². The molecule has 0 radical (unpaired) electrons. The number of hydrogen-bond donors (Lipinski definition) is 1. The highest BCUT2D eigenvalue weighted by Crippen LogP contribution is 1.99.